The molecule has 3 aromatic rings. The highest BCUT2D eigenvalue weighted by Gasteiger charge is 2.45. The van der Waals surface area contributed by atoms with Crippen LogP contribution in [0.3, 0.4) is 0 Å². The van der Waals surface area contributed by atoms with Gasteiger partial charge in [-0.15, -0.1) is 12.4 Å². The molecule has 2 aromatic heterocycles. The number of carbonyl (C=O) groups excluding carboxylic acids is 3. The standard InChI is InChI=1S/C28H33N5O5.ClH/c1-5-33-23-10-9-21(16-24(23)31(4)26(35)28(2,3)27(33)36)38-15-7-13-32(25(34)22-18-37-19-30-22)14-11-20-8-6-12-29-17-20;/h6,8-10,12,16-19H,5,7,11,13-15H2,1-4H3;1H. The van der Waals surface area contributed by atoms with Gasteiger partial charge >= 0.3 is 0 Å². The van der Waals surface area contributed by atoms with Crippen molar-refractivity contribution >= 4 is 41.5 Å². The van der Waals surface area contributed by atoms with Crippen LogP contribution in [-0.2, 0) is 16.0 Å². The van der Waals surface area contributed by atoms with Crippen LogP contribution in [0.25, 0.3) is 0 Å². The first-order chi connectivity index (χ1) is 18.2. The van der Waals surface area contributed by atoms with Crippen LogP contribution in [0.5, 0.6) is 5.75 Å². The molecule has 39 heavy (non-hydrogen) atoms. The Morgan fingerprint density at radius 1 is 1.13 bits per heavy atom. The van der Waals surface area contributed by atoms with Crippen molar-refractivity contribution in [3.05, 3.63) is 66.6 Å². The first-order valence-corrected chi connectivity index (χ1v) is 12.7. The van der Waals surface area contributed by atoms with Gasteiger partial charge in [0.2, 0.25) is 11.8 Å². The maximum atomic E-state index is 13.1. The molecule has 0 saturated heterocycles. The molecule has 1 aliphatic heterocycles. The molecule has 0 bridgehead atoms. The molecule has 3 heterocycles. The first-order valence-electron chi connectivity index (χ1n) is 12.7. The zero-order chi connectivity index (χ0) is 27.3. The number of fused-ring (bicyclic) bond motifs is 1. The van der Waals surface area contributed by atoms with Crippen molar-refractivity contribution in [3.8, 4) is 5.75 Å². The Hall–Kier alpha value is -3.92. The molecule has 0 saturated carbocycles. The summed E-state index contributed by atoms with van der Waals surface area (Å²) in [4.78, 5) is 52.1. The van der Waals surface area contributed by atoms with Crippen LogP contribution in [-0.4, -0.2) is 65.9 Å². The number of halogens is 1. The minimum atomic E-state index is -1.17. The largest absolute Gasteiger partial charge is 0.493 e. The molecule has 0 unspecified atom stereocenters. The van der Waals surface area contributed by atoms with Crippen LogP contribution >= 0.6 is 12.4 Å². The molecule has 4 rings (SSSR count). The fourth-order valence-electron chi connectivity index (χ4n) is 4.52. The Morgan fingerprint density at radius 3 is 2.59 bits per heavy atom. The van der Waals surface area contributed by atoms with E-state index in [1.807, 2.05) is 25.1 Å². The second kappa shape index (κ2) is 12.8. The SMILES string of the molecule is CCN1C(=O)C(C)(C)C(=O)N(C)c2cc(OCCCN(CCc3cccnc3)C(=O)c3cocn3)ccc21.Cl. The number of nitrogens with zero attached hydrogens (tertiary/aromatic N) is 5. The molecular weight excluding hydrogens is 522 g/mol. The van der Waals surface area contributed by atoms with E-state index in [1.165, 1.54) is 17.6 Å². The molecule has 1 aliphatic rings. The van der Waals surface area contributed by atoms with Gasteiger partial charge in [-0.2, -0.15) is 0 Å². The van der Waals surface area contributed by atoms with Gasteiger partial charge in [0.15, 0.2) is 12.1 Å². The Morgan fingerprint density at radius 2 is 1.92 bits per heavy atom. The second-order valence-corrected chi connectivity index (χ2v) is 9.67. The molecule has 10 nitrogen and oxygen atoms in total. The number of benzene rings is 1. The summed E-state index contributed by atoms with van der Waals surface area (Å²) in [7, 11) is 1.68. The van der Waals surface area contributed by atoms with Crippen molar-refractivity contribution < 1.29 is 23.5 Å². The lowest BCUT2D eigenvalue weighted by Gasteiger charge is -2.27. The Bertz CT molecular complexity index is 1280. The number of anilines is 2. The third kappa shape index (κ3) is 6.39. The van der Waals surface area contributed by atoms with E-state index in [0.29, 0.717) is 56.2 Å². The fourth-order valence-corrected chi connectivity index (χ4v) is 4.52. The summed E-state index contributed by atoms with van der Waals surface area (Å²) in [5.41, 5.74) is 1.42. The Labute approximate surface area is 234 Å². The molecule has 0 fully saturated rings. The number of rotatable bonds is 10. The summed E-state index contributed by atoms with van der Waals surface area (Å²) in [5, 5.41) is 0. The number of hydrogen-bond acceptors (Lipinski definition) is 7. The van der Waals surface area contributed by atoms with Crippen molar-refractivity contribution in [3.63, 3.8) is 0 Å². The zero-order valence-corrected chi connectivity index (χ0v) is 23.4. The summed E-state index contributed by atoms with van der Waals surface area (Å²) in [6.07, 6.45) is 7.32. The summed E-state index contributed by atoms with van der Waals surface area (Å²) in [6.45, 7) is 6.96. The highest BCUT2D eigenvalue weighted by Crippen LogP contribution is 2.40. The minimum absolute atomic E-state index is 0. The normalized spacial score (nSPS) is 14.4. The van der Waals surface area contributed by atoms with Crippen molar-refractivity contribution in [2.75, 3.05) is 43.1 Å². The lowest BCUT2D eigenvalue weighted by molar-refractivity contribution is -0.137. The molecule has 0 spiro atoms. The van der Waals surface area contributed by atoms with Gasteiger partial charge in [0, 0.05) is 45.1 Å². The molecule has 0 atom stereocenters. The maximum Gasteiger partial charge on any atom is 0.275 e. The number of aromatic nitrogens is 2. The monoisotopic (exact) mass is 555 g/mol. The van der Waals surface area contributed by atoms with Gasteiger partial charge in [0.05, 0.1) is 18.0 Å². The van der Waals surface area contributed by atoms with E-state index < -0.39 is 5.41 Å². The van der Waals surface area contributed by atoms with Crippen LogP contribution in [0, 0.1) is 5.41 Å². The second-order valence-electron chi connectivity index (χ2n) is 9.67. The van der Waals surface area contributed by atoms with Crippen molar-refractivity contribution in [1.82, 2.24) is 14.9 Å². The molecule has 208 valence electrons. The third-order valence-electron chi connectivity index (χ3n) is 6.71. The minimum Gasteiger partial charge on any atom is -0.493 e. The average molecular weight is 556 g/mol. The van der Waals surface area contributed by atoms with Crippen LogP contribution in [0.4, 0.5) is 11.4 Å². The van der Waals surface area contributed by atoms with Crippen molar-refractivity contribution in [2.24, 2.45) is 5.41 Å². The van der Waals surface area contributed by atoms with Gasteiger partial charge in [-0.25, -0.2) is 4.98 Å². The lowest BCUT2D eigenvalue weighted by Crippen LogP contribution is -2.47. The highest BCUT2D eigenvalue weighted by molar-refractivity contribution is 6.20. The predicted octanol–water partition coefficient (Wildman–Crippen LogP) is 4.00. The number of hydrogen-bond donors (Lipinski definition) is 0. The van der Waals surface area contributed by atoms with E-state index in [9.17, 15) is 14.4 Å². The zero-order valence-electron chi connectivity index (χ0n) is 22.6. The van der Waals surface area contributed by atoms with E-state index in [4.69, 9.17) is 9.15 Å². The molecular formula is C28H34ClN5O5. The molecule has 11 heteroatoms. The Kier molecular flexibility index (Phi) is 9.69. The summed E-state index contributed by atoms with van der Waals surface area (Å²) >= 11 is 0. The highest BCUT2D eigenvalue weighted by atomic mass is 35.5. The summed E-state index contributed by atoms with van der Waals surface area (Å²) < 4.78 is 11.0. The van der Waals surface area contributed by atoms with Crippen molar-refractivity contribution in [2.45, 2.75) is 33.6 Å². The van der Waals surface area contributed by atoms with Gasteiger partial charge in [-0.1, -0.05) is 6.07 Å². The molecule has 0 aliphatic carbocycles. The number of oxazole rings is 1. The lowest BCUT2D eigenvalue weighted by atomic mass is 9.90. The molecule has 0 N–H and O–H groups in total. The van der Waals surface area contributed by atoms with E-state index in [-0.39, 0.29) is 35.8 Å². The van der Waals surface area contributed by atoms with E-state index in [0.717, 1.165) is 5.56 Å². The van der Waals surface area contributed by atoms with Gasteiger partial charge in [0.1, 0.15) is 17.4 Å². The summed E-state index contributed by atoms with van der Waals surface area (Å²) in [6, 6.07) is 9.24. The molecule has 0 radical (unpaired) electrons. The van der Waals surface area contributed by atoms with Gasteiger partial charge in [-0.05, 0) is 57.4 Å². The maximum absolute atomic E-state index is 13.1. The van der Waals surface area contributed by atoms with Gasteiger partial charge in [-0.3, -0.25) is 19.4 Å². The van der Waals surface area contributed by atoms with Crippen LogP contribution < -0.4 is 14.5 Å². The first kappa shape index (κ1) is 29.6. The number of amides is 3. The molecule has 1 aromatic carbocycles. The quantitative estimate of drug-likeness (QED) is 0.275. The van der Waals surface area contributed by atoms with Gasteiger partial charge < -0.3 is 23.9 Å². The number of carbonyl (C=O) groups is 3. The van der Waals surface area contributed by atoms with E-state index in [2.05, 4.69) is 9.97 Å². The van der Waals surface area contributed by atoms with Gasteiger partial charge in [0.25, 0.3) is 5.91 Å². The number of pyridine rings is 1. The number of ether oxygens (including phenoxy) is 1. The smallest absolute Gasteiger partial charge is 0.275 e. The molecule has 3 amide bonds. The van der Waals surface area contributed by atoms with Crippen LogP contribution in [0.15, 0.2) is 59.8 Å². The summed E-state index contributed by atoms with van der Waals surface area (Å²) in [5.74, 6) is -0.129. The average Bonchev–Trinajstić information content (AvgIpc) is 3.46. The van der Waals surface area contributed by atoms with Crippen molar-refractivity contribution in [1.29, 1.82) is 0 Å². The predicted molar refractivity (Wildman–Crippen MR) is 149 cm³/mol. The van der Waals surface area contributed by atoms with E-state index in [1.54, 1.807) is 55.2 Å². The third-order valence-corrected chi connectivity index (χ3v) is 6.71. The van der Waals surface area contributed by atoms with Crippen LogP contribution in [0.1, 0.15) is 43.2 Å². The Balaban J connectivity index is 0.00000420. The topological polar surface area (TPSA) is 109 Å². The van der Waals surface area contributed by atoms with Crippen LogP contribution in [0.2, 0.25) is 0 Å². The van der Waals surface area contributed by atoms with E-state index >= 15 is 0 Å². The fraction of sp³-hybridized carbons (Fsp3) is 0.393.